The lowest BCUT2D eigenvalue weighted by molar-refractivity contribution is 0.0696. The molecule has 0 bridgehead atoms. The van der Waals surface area contributed by atoms with Gasteiger partial charge in [-0.2, -0.15) is 0 Å². The van der Waals surface area contributed by atoms with Gasteiger partial charge in [-0.3, -0.25) is 4.72 Å². The smallest absolute Gasteiger partial charge is 0.335 e. The highest BCUT2D eigenvalue weighted by Crippen LogP contribution is 2.33. The molecule has 122 valence electrons. The van der Waals surface area contributed by atoms with Crippen LogP contribution in [0, 0.1) is 0 Å². The molecule has 2 aromatic carbocycles. The van der Waals surface area contributed by atoms with Crippen LogP contribution in [0.2, 0.25) is 5.02 Å². The Kier molecular flexibility index (Phi) is 4.82. The van der Waals surface area contributed by atoms with Gasteiger partial charge in [-0.15, -0.1) is 0 Å². The zero-order valence-electron chi connectivity index (χ0n) is 12.4. The van der Waals surface area contributed by atoms with E-state index in [0.717, 1.165) is 6.07 Å². The Morgan fingerprint density at radius 3 is 2.43 bits per heavy atom. The van der Waals surface area contributed by atoms with E-state index in [1.165, 1.54) is 18.2 Å². The van der Waals surface area contributed by atoms with Crippen LogP contribution >= 0.6 is 11.6 Å². The molecule has 0 aromatic heterocycles. The third kappa shape index (κ3) is 3.75. The van der Waals surface area contributed by atoms with Gasteiger partial charge in [0.15, 0.2) is 0 Å². The number of carbonyl (C=O) groups is 1. The minimum absolute atomic E-state index is 0.105. The number of sulfonamides is 1. The summed E-state index contributed by atoms with van der Waals surface area (Å²) in [6.45, 7) is 0. The molecular formula is C15H15ClN2O4S. The number of anilines is 2. The molecule has 0 aliphatic carbocycles. The molecular weight excluding hydrogens is 340 g/mol. The zero-order chi connectivity index (χ0) is 17.2. The maximum absolute atomic E-state index is 12.5. The van der Waals surface area contributed by atoms with E-state index in [9.17, 15) is 13.2 Å². The van der Waals surface area contributed by atoms with Crippen LogP contribution in [-0.2, 0) is 10.0 Å². The average molecular weight is 355 g/mol. The van der Waals surface area contributed by atoms with Gasteiger partial charge in [-0.1, -0.05) is 23.7 Å². The summed E-state index contributed by atoms with van der Waals surface area (Å²) in [5.41, 5.74) is 0.724. The highest BCUT2D eigenvalue weighted by Gasteiger charge is 2.19. The van der Waals surface area contributed by atoms with Crippen LogP contribution in [-0.4, -0.2) is 33.6 Å². The molecule has 0 saturated carbocycles. The summed E-state index contributed by atoms with van der Waals surface area (Å²) in [4.78, 5) is 12.5. The van der Waals surface area contributed by atoms with E-state index in [4.69, 9.17) is 16.7 Å². The number of hydrogen-bond donors (Lipinski definition) is 2. The Morgan fingerprint density at radius 1 is 1.17 bits per heavy atom. The molecule has 2 N–H and O–H groups in total. The van der Waals surface area contributed by atoms with Crippen molar-refractivity contribution in [3.8, 4) is 0 Å². The lowest BCUT2D eigenvalue weighted by Gasteiger charge is -2.20. The van der Waals surface area contributed by atoms with Crippen molar-refractivity contribution >= 4 is 39.0 Å². The molecule has 0 heterocycles. The lowest BCUT2D eigenvalue weighted by atomic mass is 10.2. The molecule has 0 radical (unpaired) electrons. The van der Waals surface area contributed by atoms with Gasteiger partial charge in [0.2, 0.25) is 0 Å². The Bertz CT molecular complexity index is 850. The molecule has 8 heteroatoms. The predicted octanol–water partition coefficient (Wildman–Crippen LogP) is 2.91. The first-order chi connectivity index (χ1) is 10.7. The number of nitrogens with one attached hydrogen (secondary N) is 1. The van der Waals surface area contributed by atoms with Gasteiger partial charge in [-0.25, -0.2) is 13.2 Å². The second-order valence-corrected chi connectivity index (χ2v) is 7.06. The van der Waals surface area contributed by atoms with Crippen LogP contribution in [0.1, 0.15) is 10.4 Å². The third-order valence-electron chi connectivity index (χ3n) is 3.07. The van der Waals surface area contributed by atoms with Crippen LogP contribution in [0.4, 0.5) is 11.4 Å². The van der Waals surface area contributed by atoms with Crippen LogP contribution in [0.5, 0.6) is 0 Å². The number of aromatic carboxylic acids is 1. The Hall–Kier alpha value is -2.25. The van der Waals surface area contributed by atoms with Crippen molar-refractivity contribution in [2.45, 2.75) is 4.90 Å². The first-order valence-corrected chi connectivity index (χ1v) is 8.40. The van der Waals surface area contributed by atoms with Crippen LogP contribution in [0.25, 0.3) is 0 Å². The number of hydrogen-bond acceptors (Lipinski definition) is 4. The van der Waals surface area contributed by atoms with Crippen molar-refractivity contribution < 1.29 is 18.3 Å². The van der Waals surface area contributed by atoms with Gasteiger partial charge in [0.1, 0.15) is 0 Å². The first kappa shape index (κ1) is 17.1. The number of carboxylic acids is 1. The Labute approximate surface area is 139 Å². The van der Waals surface area contributed by atoms with E-state index in [1.807, 2.05) is 0 Å². The van der Waals surface area contributed by atoms with E-state index in [-0.39, 0.29) is 10.5 Å². The van der Waals surface area contributed by atoms with Crippen LogP contribution < -0.4 is 9.62 Å². The SMILES string of the molecule is CN(C)c1c(Cl)cccc1NS(=O)(=O)c1cccc(C(=O)O)c1. The van der Waals surface area contributed by atoms with Gasteiger partial charge >= 0.3 is 5.97 Å². The van der Waals surface area contributed by atoms with E-state index in [1.54, 1.807) is 37.2 Å². The van der Waals surface area contributed by atoms with Gasteiger partial charge in [0.25, 0.3) is 10.0 Å². The number of nitrogens with zero attached hydrogens (tertiary/aromatic N) is 1. The second-order valence-electron chi connectivity index (χ2n) is 4.97. The fourth-order valence-corrected chi connectivity index (χ4v) is 3.51. The first-order valence-electron chi connectivity index (χ1n) is 6.54. The maximum atomic E-state index is 12.5. The minimum atomic E-state index is -3.94. The highest BCUT2D eigenvalue weighted by atomic mass is 35.5. The van der Waals surface area contributed by atoms with Crippen LogP contribution in [0.15, 0.2) is 47.4 Å². The van der Waals surface area contributed by atoms with Gasteiger partial charge < -0.3 is 10.0 Å². The minimum Gasteiger partial charge on any atom is -0.478 e. The van der Waals surface area contributed by atoms with E-state index in [0.29, 0.717) is 16.4 Å². The lowest BCUT2D eigenvalue weighted by Crippen LogP contribution is -2.18. The molecule has 0 unspecified atom stereocenters. The summed E-state index contributed by atoms with van der Waals surface area (Å²) in [7, 11) is -0.460. The van der Waals surface area contributed by atoms with Crippen molar-refractivity contribution in [1.82, 2.24) is 0 Å². The summed E-state index contributed by atoms with van der Waals surface area (Å²) >= 11 is 6.11. The molecule has 2 rings (SSSR count). The van der Waals surface area contributed by atoms with Crippen molar-refractivity contribution in [3.63, 3.8) is 0 Å². The molecule has 23 heavy (non-hydrogen) atoms. The van der Waals surface area contributed by atoms with Crippen molar-refractivity contribution in [1.29, 1.82) is 0 Å². The molecule has 0 spiro atoms. The fourth-order valence-electron chi connectivity index (χ4n) is 2.05. The third-order valence-corrected chi connectivity index (χ3v) is 4.74. The summed E-state index contributed by atoms with van der Waals surface area (Å²) in [6, 6.07) is 9.99. The maximum Gasteiger partial charge on any atom is 0.335 e. The quantitative estimate of drug-likeness (QED) is 0.862. The van der Waals surface area contributed by atoms with E-state index < -0.39 is 16.0 Å². The van der Waals surface area contributed by atoms with E-state index >= 15 is 0 Å². The molecule has 0 saturated heterocycles. The summed E-state index contributed by atoms with van der Waals surface area (Å²) in [5, 5.41) is 9.38. The molecule has 0 atom stereocenters. The molecule has 6 nitrogen and oxygen atoms in total. The standard InChI is InChI=1S/C15H15ClN2O4S/c1-18(2)14-12(16)7-4-8-13(14)17-23(21,22)11-6-3-5-10(9-11)15(19)20/h3-9,17H,1-2H3,(H,19,20). The second kappa shape index (κ2) is 6.47. The molecule has 0 fully saturated rings. The average Bonchev–Trinajstić information content (AvgIpc) is 2.46. The normalized spacial score (nSPS) is 11.1. The topological polar surface area (TPSA) is 86.7 Å². The van der Waals surface area contributed by atoms with Gasteiger partial charge in [0.05, 0.1) is 26.9 Å². The van der Waals surface area contributed by atoms with Crippen molar-refractivity contribution in [2.24, 2.45) is 0 Å². The van der Waals surface area contributed by atoms with Crippen molar-refractivity contribution in [3.05, 3.63) is 53.1 Å². The van der Waals surface area contributed by atoms with Gasteiger partial charge in [-0.05, 0) is 30.3 Å². The summed E-state index contributed by atoms with van der Waals surface area (Å²) in [5.74, 6) is -1.20. The summed E-state index contributed by atoms with van der Waals surface area (Å²) < 4.78 is 27.4. The van der Waals surface area contributed by atoms with Gasteiger partial charge in [0, 0.05) is 14.1 Å². The molecule has 2 aromatic rings. The fraction of sp³-hybridized carbons (Fsp3) is 0.133. The summed E-state index contributed by atoms with van der Waals surface area (Å²) in [6.07, 6.45) is 0. The predicted molar refractivity (Wildman–Crippen MR) is 90.0 cm³/mol. The molecule has 0 amide bonds. The monoisotopic (exact) mass is 354 g/mol. The number of para-hydroxylation sites is 1. The van der Waals surface area contributed by atoms with E-state index in [2.05, 4.69) is 4.72 Å². The Balaban J connectivity index is 2.46. The number of carboxylic acid groups (broad SMARTS) is 1. The highest BCUT2D eigenvalue weighted by molar-refractivity contribution is 7.92. The number of halogens is 1. The molecule has 0 aliphatic rings. The number of benzene rings is 2. The number of rotatable bonds is 5. The molecule has 0 aliphatic heterocycles. The zero-order valence-corrected chi connectivity index (χ0v) is 14.0. The van der Waals surface area contributed by atoms with Crippen molar-refractivity contribution in [2.75, 3.05) is 23.7 Å². The Morgan fingerprint density at radius 2 is 1.83 bits per heavy atom. The largest absolute Gasteiger partial charge is 0.478 e. The van der Waals surface area contributed by atoms with Crippen LogP contribution in [0.3, 0.4) is 0 Å².